The van der Waals surface area contributed by atoms with Crippen molar-refractivity contribution in [2.75, 3.05) is 10.6 Å². The molecule has 0 spiro atoms. The van der Waals surface area contributed by atoms with E-state index in [-0.39, 0.29) is 17.1 Å². The summed E-state index contributed by atoms with van der Waals surface area (Å²) in [7, 11) is 0. The number of rotatable bonds is 6. The number of hydrogen-bond donors (Lipinski definition) is 2. The number of pyridine rings is 1. The van der Waals surface area contributed by atoms with Crippen molar-refractivity contribution in [2.24, 2.45) is 0 Å². The van der Waals surface area contributed by atoms with Crippen LogP contribution in [0.15, 0.2) is 83.4 Å². The topological polar surface area (TPSA) is 92.9 Å². The van der Waals surface area contributed by atoms with Crippen LogP contribution in [0.3, 0.4) is 0 Å². The maximum Gasteiger partial charge on any atom is 0.433 e. The van der Waals surface area contributed by atoms with Crippen molar-refractivity contribution in [1.82, 2.24) is 15.1 Å². The van der Waals surface area contributed by atoms with Gasteiger partial charge in [0, 0.05) is 33.8 Å². The van der Waals surface area contributed by atoms with Gasteiger partial charge in [-0.2, -0.15) is 18.2 Å². The van der Waals surface area contributed by atoms with Gasteiger partial charge in [0.2, 0.25) is 11.7 Å². The first-order valence-electron chi connectivity index (χ1n) is 11.9. The van der Waals surface area contributed by atoms with Gasteiger partial charge in [0.05, 0.1) is 11.2 Å². The largest absolute Gasteiger partial charge is 0.433 e. The molecule has 38 heavy (non-hydrogen) atoms. The van der Waals surface area contributed by atoms with Crippen molar-refractivity contribution in [1.29, 1.82) is 0 Å². The molecule has 0 bridgehead atoms. The van der Waals surface area contributed by atoms with Crippen LogP contribution < -0.4 is 10.6 Å². The third-order valence-electron chi connectivity index (χ3n) is 6.18. The number of hydrogen-bond acceptors (Lipinski definition) is 6. The van der Waals surface area contributed by atoms with Crippen LogP contribution in [0.1, 0.15) is 40.7 Å². The molecule has 190 valence electrons. The summed E-state index contributed by atoms with van der Waals surface area (Å²) in [6.07, 6.45) is -2.47. The Kier molecular flexibility index (Phi) is 5.79. The molecule has 2 N–H and O–H groups in total. The minimum atomic E-state index is -4.59. The monoisotopic (exact) mass is 515 g/mol. The van der Waals surface area contributed by atoms with Crippen LogP contribution in [0.2, 0.25) is 0 Å². The van der Waals surface area contributed by atoms with Crippen molar-refractivity contribution in [3.8, 4) is 11.4 Å². The highest BCUT2D eigenvalue weighted by Gasteiger charge is 2.33. The fourth-order valence-corrected chi connectivity index (χ4v) is 4.08. The molecule has 1 fully saturated rings. The Labute approximate surface area is 214 Å². The standard InChI is InChI=1S/C28H20F3N5O2/c29-28(30,31)24-15-23(21-6-1-2-7-22(21)34-24)32-19-4-3-5-20(14-19)33-26(37)17-10-8-16(9-11-17)25-35-27(38-36-25)18-12-13-18/h1-11,14-15,18H,12-13H2,(H,32,34)(H,33,37). The number of fused-ring (bicyclic) bond motifs is 1. The molecule has 1 amide bonds. The number of aromatic nitrogens is 3. The number of nitrogens with one attached hydrogen (secondary N) is 2. The Bertz CT molecular complexity index is 1640. The summed E-state index contributed by atoms with van der Waals surface area (Å²) in [5, 5.41) is 10.4. The molecule has 1 saturated carbocycles. The average molecular weight is 515 g/mol. The SMILES string of the molecule is O=C(Nc1cccc(Nc2cc(C(F)(F)F)nc3ccccc23)c1)c1ccc(-c2noc(C3CC3)n2)cc1. The predicted molar refractivity (Wildman–Crippen MR) is 136 cm³/mol. The molecule has 0 radical (unpaired) electrons. The van der Waals surface area contributed by atoms with Crippen molar-refractivity contribution in [2.45, 2.75) is 24.9 Å². The van der Waals surface area contributed by atoms with Crippen molar-refractivity contribution >= 4 is 33.9 Å². The van der Waals surface area contributed by atoms with Crippen LogP contribution in [0.5, 0.6) is 0 Å². The summed E-state index contributed by atoms with van der Waals surface area (Å²) in [6.45, 7) is 0. The van der Waals surface area contributed by atoms with Crippen LogP contribution >= 0.6 is 0 Å². The molecule has 7 nitrogen and oxygen atoms in total. The normalized spacial score (nSPS) is 13.4. The zero-order valence-electron chi connectivity index (χ0n) is 19.8. The van der Waals surface area contributed by atoms with Gasteiger partial charge < -0.3 is 15.2 Å². The molecule has 6 rings (SSSR count). The minimum absolute atomic E-state index is 0.224. The summed E-state index contributed by atoms with van der Waals surface area (Å²) in [5.41, 5.74) is 1.64. The van der Waals surface area contributed by atoms with E-state index in [9.17, 15) is 18.0 Å². The minimum Gasteiger partial charge on any atom is -0.355 e. The molecule has 5 aromatic rings. The van der Waals surface area contributed by atoms with Gasteiger partial charge in [-0.25, -0.2) is 4.98 Å². The van der Waals surface area contributed by atoms with Crippen LogP contribution in [-0.4, -0.2) is 21.0 Å². The third-order valence-corrected chi connectivity index (χ3v) is 6.18. The number of carbonyl (C=O) groups excluding carboxylic acids is 1. The lowest BCUT2D eigenvalue weighted by Gasteiger charge is -2.14. The van der Waals surface area contributed by atoms with E-state index in [0.29, 0.717) is 40.0 Å². The van der Waals surface area contributed by atoms with Gasteiger partial charge in [0.25, 0.3) is 5.91 Å². The summed E-state index contributed by atoms with van der Waals surface area (Å²) in [5.74, 6) is 1.14. The van der Waals surface area contributed by atoms with E-state index in [2.05, 4.69) is 25.8 Å². The molecular weight excluding hydrogens is 495 g/mol. The molecule has 10 heteroatoms. The van der Waals surface area contributed by atoms with Gasteiger partial charge in [0.1, 0.15) is 5.69 Å². The number of para-hydroxylation sites is 1. The molecule has 0 atom stereocenters. The van der Waals surface area contributed by atoms with Crippen molar-refractivity contribution in [3.05, 3.63) is 96.0 Å². The Balaban J connectivity index is 1.19. The number of anilines is 3. The van der Waals surface area contributed by atoms with Crippen LogP contribution in [0.4, 0.5) is 30.2 Å². The Morgan fingerprint density at radius 1 is 0.895 bits per heavy atom. The van der Waals surface area contributed by atoms with Gasteiger partial charge in [-0.05, 0) is 55.3 Å². The molecule has 2 heterocycles. The predicted octanol–water partition coefficient (Wildman–Crippen LogP) is 7.18. The number of amides is 1. The number of nitrogens with zero attached hydrogens (tertiary/aromatic N) is 3. The van der Waals surface area contributed by atoms with E-state index >= 15 is 0 Å². The lowest BCUT2D eigenvalue weighted by molar-refractivity contribution is -0.140. The van der Waals surface area contributed by atoms with Gasteiger partial charge in [-0.15, -0.1) is 0 Å². The summed E-state index contributed by atoms with van der Waals surface area (Å²) < 4.78 is 45.5. The highest BCUT2D eigenvalue weighted by Crippen LogP contribution is 2.39. The first-order chi connectivity index (χ1) is 18.3. The molecule has 0 aliphatic heterocycles. The van der Waals surface area contributed by atoms with Gasteiger partial charge >= 0.3 is 6.18 Å². The van der Waals surface area contributed by atoms with E-state index in [1.165, 1.54) is 6.07 Å². The highest BCUT2D eigenvalue weighted by molar-refractivity contribution is 6.04. The maximum atomic E-state index is 13.4. The van der Waals surface area contributed by atoms with Gasteiger partial charge in [0.15, 0.2) is 0 Å². The summed E-state index contributed by atoms with van der Waals surface area (Å²) in [6, 6.07) is 21.2. The number of benzene rings is 3. The van der Waals surface area contributed by atoms with Crippen LogP contribution in [0, 0.1) is 0 Å². The summed E-state index contributed by atoms with van der Waals surface area (Å²) in [4.78, 5) is 21.0. The first kappa shape index (κ1) is 23.7. The van der Waals surface area contributed by atoms with Crippen molar-refractivity contribution in [3.63, 3.8) is 0 Å². The molecule has 1 aliphatic rings. The van der Waals surface area contributed by atoms with E-state index in [0.717, 1.165) is 24.5 Å². The lowest BCUT2D eigenvalue weighted by Crippen LogP contribution is -2.12. The van der Waals surface area contributed by atoms with Gasteiger partial charge in [-0.1, -0.05) is 41.6 Å². The maximum absolute atomic E-state index is 13.4. The molecular formula is C28H20F3N5O2. The Hall–Kier alpha value is -4.73. The van der Waals surface area contributed by atoms with E-state index in [1.807, 2.05) is 0 Å². The van der Waals surface area contributed by atoms with Crippen LogP contribution in [-0.2, 0) is 6.18 Å². The van der Waals surface area contributed by atoms with Crippen molar-refractivity contribution < 1.29 is 22.5 Å². The quantitative estimate of drug-likeness (QED) is 0.249. The second kappa shape index (κ2) is 9.29. The molecule has 0 unspecified atom stereocenters. The van der Waals surface area contributed by atoms with E-state index < -0.39 is 11.9 Å². The lowest BCUT2D eigenvalue weighted by atomic mass is 10.1. The second-order valence-electron chi connectivity index (χ2n) is 9.04. The average Bonchev–Trinajstić information content (AvgIpc) is 3.64. The number of alkyl halides is 3. The second-order valence-corrected chi connectivity index (χ2v) is 9.04. The summed E-state index contributed by atoms with van der Waals surface area (Å²) >= 11 is 0. The Morgan fingerprint density at radius 3 is 2.42 bits per heavy atom. The number of carbonyl (C=O) groups is 1. The number of halogens is 3. The fourth-order valence-electron chi connectivity index (χ4n) is 4.08. The van der Waals surface area contributed by atoms with Crippen LogP contribution in [0.25, 0.3) is 22.3 Å². The molecule has 0 saturated heterocycles. The zero-order chi connectivity index (χ0) is 26.3. The van der Waals surface area contributed by atoms with E-state index in [1.54, 1.807) is 66.7 Å². The Morgan fingerprint density at radius 2 is 1.66 bits per heavy atom. The third kappa shape index (κ3) is 4.93. The smallest absolute Gasteiger partial charge is 0.355 e. The van der Waals surface area contributed by atoms with E-state index in [4.69, 9.17) is 4.52 Å². The first-order valence-corrected chi connectivity index (χ1v) is 11.9. The molecule has 1 aliphatic carbocycles. The highest BCUT2D eigenvalue weighted by atomic mass is 19.4. The fraction of sp³-hybridized carbons (Fsp3) is 0.143. The molecule has 2 aromatic heterocycles. The zero-order valence-corrected chi connectivity index (χ0v) is 19.8. The molecule has 3 aromatic carbocycles. The van der Waals surface area contributed by atoms with Gasteiger partial charge in [-0.3, -0.25) is 4.79 Å².